The molecule has 0 aliphatic carbocycles. The summed E-state index contributed by atoms with van der Waals surface area (Å²) in [4.78, 5) is 14.5. The second-order valence-electron chi connectivity index (χ2n) is 8.30. The summed E-state index contributed by atoms with van der Waals surface area (Å²) in [6.45, 7) is 13.5. The molecule has 2 atom stereocenters. The van der Waals surface area contributed by atoms with Gasteiger partial charge >= 0.3 is 6.09 Å². The summed E-state index contributed by atoms with van der Waals surface area (Å²) < 4.78 is 10.4. The Morgan fingerprint density at radius 1 is 1.25 bits per heavy atom. The van der Waals surface area contributed by atoms with Gasteiger partial charge in [0.15, 0.2) is 3.79 Å². The van der Waals surface area contributed by atoms with Gasteiger partial charge in [-0.25, -0.2) is 4.79 Å². The number of halogens is 3. The van der Waals surface area contributed by atoms with Gasteiger partial charge in [0.1, 0.15) is 11.3 Å². The van der Waals surface area contributed by atoms with Gasteiger partial charge in [0.2, 0.25) is 0 Å². The van der Waals surface area contributed by atoms with Gasteiger partial charge in [-0.15, -0.1) is 0 Å². The molecule has 0 spiro atoms. The van der Waals surface area contributed by atoms with Crippen molar-refractivity contribution in [1.29, 1.82) is 0 Å². The fourth-order valence-electron chi connectivity index (χ4n) is 3.04. The third-order valence-corrected chi connectivity index (χ3v) is 4.36. The monoisotopic (exact) mass is 401 g/mol. The average Bonchev–Trinajstić information content (AvgIpc) is 2.53. The molecule has 0 saturated carbocycles. The van der Waals surface area contributed by atoms with Crippen LogP contribution in [0.4, 0.5) is 4.79 Å². The van der Waals surface area contributed by atoms with E-state index in [0.717, 1.165) is 6.42 Å². The van der Waals surface area contributed by atoms with Crippen LogP contribution in [0.25, 0.3) is 0 Å². The van der Waals surface area contributed by atoms with E-state index >= 15 is 0 Å². The zero-order valence-electron chi connectivity index (χ0n) is 15.7. The molecule has 0 unspecified atom stereocenters. The van der Waals surface area contributed by atoms with Crippen molar-refractivity contribution in [2.75, 3.05) is 0 Å². The Kier molecular flexibility index (Phi) is 7.17. The Bertz CT molecular complexity index is 441. The van der Waals surface area contributed by atoms with Crippen LogP contribution in [0.2, 0.25) is 0 Å². The minimum atomic E-state index is -1.32. The largest absolute Gasteiger partial charge is 0.444 e. The molecule has 4 nitrogen and oxygen atoms in total. The maximum absolute atomic E-state index is 12.8. The molecule has 0 aromatic carbocycles. The van der Waals surface area contributed by atoms with Gasteiger partial charge in [-0.3, -0.25) is 4.90 Å². The third-order valence-electron chi connectivity index (χ3n) is 3.80. The Hall–Kier alpha value is 0.1000. The highest BCUT2D eigenvalue weighted by Gasteiger charge is 2.51. The molecule has 0 bridgehead atoms. The fourth-order valence-corrected chi connectivity index (χ4v) is 3.36. The number of hydrogen-bond donors (Lipinski definition) is 0. The lowest BCUT2D eigenvalue weighted by Crippen LogP contribution is -2.50. The van der Waals surface area contributed by atoms with E-state index in [2.05, 4.69) is 13.8 Å². The van der Waals surface area contributed by atoms with Crippen molar-refractivity contribution in [1.82, 2.24) is 4.90 Å². The first-order valence-electron chi connectivity index (χ1n) is 8.39. The topological polar surface area (TPSA) is 38.8 Å². The molecule has 0 N–H and O–H groups in total. The van der Waals surface area contributed by atoms with E-state index in [1.54, 1.807) is 4.90 Å². The number of amides is 1. The predicted octanol–water partition coefficient (Wildman–Crippen LogP) is 5.92. The highest BCUT2D eigenvalue weighted by molar-refractivity contribution is 6.67. The number of hydrogen-bond acceptors (Lipinski definition) is 3. The summed E-state index contributed by atoms with van der Waals surface area (Å²) in [5, 5.41) is 0. The van der Waals surface area contributed by atoms with Crippen LogP contribution in [-0.2, 0) is 9.47 Å². The minimum absolute atomic E-state index is 0.109. The first-order valence-corrected chi connectivity index (χ1v) is 9.52. The van der Waals surface area contributed by atoms with Crippen molar-refractivity contribution in [3.63, 3.8) is 0 Å². The van der Waals surface area contributed by atoms with E-state index in [0.29, 0.717) is 18.8 Å². The lowest BCUT2D eigenvalue weighted by atomic mass is 9.96. The SMILES string of the molecule is CC(C)C[C@H]1[C@H](CCC(Cl)(Cl)Cl)OC(C)(C)N1C(=O)OC(C)(C)C. The molecule has 1 fully saturated rings. The minimum Gasteiger partial charge on any atom is -0.444 e. The molecule has 1 amide bonds. The molecule has 0 aromatic rings. The van der Waals surface area contributed by atoms with E-state index < -0.39 is 15.1 Å². The summed E-state index contributed by atoms with van der Waals surface area (Å²) in [6.07, 6.45) is 1.18. The van der Waals surface area contributed by atoms with Crippen LogP contribution in [0.1, 0.15) is 67.7 Å². The van der Waals surface area contributed by atoms with Crippen molar-refractivity contribution in [2.45, 2.75) is 95.0 Å². The van der Waals surface area contributed by atoms with Crippen LogP contribution in [0.5, 0.6) is 0 Å². The second-order valence-corrected chi connectivity index (χ2v) is 10.8. The lowest BCUT2D eigenvalue weighted by molar-refractivity contribution is -0.0801. The summed E-state index contributed by atoms with van der Waals surface area (Å²) in [5.74, 6) is 0.396. The standard InChI is InChI=1S/C17H30Cl3NO3/c1-11(2)10-12-13(8-9-17(18,19)20)23-16(6,7)21(12)14(22)24-15(3,4)5/h11-13H,8-10H2,1-7H3/t12-,13-/m0/s1. The van der Waals surface area contributed by atoms with Crippen LogP contribution < -0.4 is 0 Å². The summed E-state index contributed by atoms with van der Waals surface area (Å²) in [5.41, 5.74) is -1.33. The Balaban J connectivity index is 3.02. The highest BCUT2D eigenvalue weighted by atomic mass is 35.6. The number of nitrogens with zero attached hydrogens (tertiary/aromatic N) is 1. The lowest BCUT2D eigenvalue weighted by Gasteiger charge is -2.35. The van der Waals surface area contributed by atoms with Crippen molar-refractivity contribution in [2.24, 2.45) is 5.92 Å². The van der Waals surface area contributed by atoms with Crippen LogP contribution in [0, 0.1) is 5.92 Å². The molecule has 1 saturated heterocycles. The van der Waals surface area contributed by atoms with Gasteiger partial charge in [-0.1, -0.05) is 48.7 Å². The number of ether oxygens (including phenoxy) is 2. The normalized spacial score (nSPS) is 24.5. The van der Waals surface area contributed by atoms with Gasteiger partial charge in [0.05, 0.1) is 12.1 Å². The van der Waals surface area contributed by atoms with Crippen LogP contribution in [0.15, 0.2) is 0 Å². The van der Waals surface area contributed by atoms with Crippen molar-refractivity contribution < 1.29 is 14.3 Å². The van der Waals surface area contributed by atoms with Gasteiger partial charge in [0.25, 0.3) is 0 Å². The first kappa shape index (κ1) is 22.1. The average molecular weight is 403 g/mol. The molecule has 1 rings (SSSR count). The molecule has 0 radical (unpaired) electrons. The molecule has 0 aromatic heterocycles. The Morgan fingerprint density at radius 3 is 2.21 bits per heavy atom. The summed E-state index contributed by atoms with van der Waals surface area (Å²) in [6, 6.07) is -0.109. The van der Waals surface area contributed by atoms with E-state index in [9.17, 15) is 4.79 Å². The number of rotatable bonds is 4. The number of carbonyl (C=O) groups excluding carboxylic acids is 1. The third kappa shape index (κ3) is 6.78. The molecule has 142 valence electrons. The van der Waals surface area contributed by atoms with Crippen molar-refractivity contribution in [3.8, 4) is 0 Å². The molecular formula is C17H30Cl3NO3. The van der Waals surface area contributed by atoms with Gasteiger partial charge in [0, 0.05) is 0 Å². The van der Waals surface area contributed by atoms with Gasteiger partial charge in [-0.05, 0) is 59.8 Å². The van der Waals surface area contributed by atoms with E-state index in [4.69, 9.17) is 44.3 Å². The second kappa shape index (κ2) is 7.77. The summed E-state index contributed by atoms with van der Waals surface area (Å²) in [7, 11) is 0. The van der Waals surface area contributed by atoms with Crippen LogP contribution in [-0.4, -0.2) is 38.3 Å². The highest BCUT2D eigenvalue weighted by Crippen LogP contribution is 2.40. The van der Waals surface area contributed by atoms with Crippen molar-refractivity contribution in [3.05, 3.63) is 0 Å². The molecule has 7 heteroatoms. The van der Waals surface area contributed by atoms with Crippen molar-refractivity contribution >= 4 is 40.9 Å². The molecule has 1 aliphatic heterocycles. The first-order chi connectivity index (χ1) is 10.6. The van der Waals surface area contributed by atoms with E-state index in [1.165, 1.54) is 0 Å². The smallest absolute Gasteiger partial charge is 0.412 e. The number of alkyl halides is 3. The van der Waals surface area contributed by atoms with E-state index in [1.807, 2.05) is 34.6 Å². The quantitative estimate of drug-likeness (QED) is 0.547. The zero-order valence-corrected chi connectivity index (χ0v) is 17.9. The summed E-state index contributed by atoms with van der Waals surface area (Å²) >= 11 is 17.7. The molecule has 1 aliphatic rings. The predicted molar refractivity (Wildman–Crippen MR) is 99.8 cm³/mol. The molecule has 1 heterocycles. The fraction of sp³-hybridized carbons (Fsp3) is 0.941. The zero-order chi connectivity index (χ0) is 18.9. The Labute approximate surface area is 161 Å². The van der Waals surface area contributed by atoms with E-state index in [-0.39, 0.29) is 18.2 Å². The van der Waals surface area contributed by atoms with Crippen LogP contribution in [0.3, 0.4) is 0 Å². The van der Waals surface area contributed by atoms with Gasteiger partial charge in [-0.2, -0.15) is 0 Å². The maximum atomic E-state index is 12.8. The number of carbonyl (C=O) groups is 1. The van der Waals surface area contributed by atoms with Crippen LogP contribution >= 0.6 is 34.8 Å². The Morgan fingerprint density at radius 2 is 1.79 bits per heavy atom. The molecular weight excluding hydrogens is 373 g/mol. The molecule has 24 heavy (non-hydrogen) atoms. The maximum Gasteiger partial charge on any atom is 0.412 e. The van der Waals surface area contributed by atoms with Gasteiger partial charge < -0.3 is 9.47 Å².